The van der Waals surface area contributed by atoms with Crippen molar-refractivity contribution in [2.45, 2.75) is 149 Å². The first-order valence-electron chi connectivity index (χ1n) is 18.3. The van der Waals surface area contributed by atoms with Crippen molar-refractivity contribution in [1.82, 2.24) is 29.9 Å². The summed E-state index contributed by atoms with van der Waals surface area (Å²) in [5.74, 6) is 0. The molecule has 13 heteroatoms. The first-order valence-corrected chi connectivity index (χ1v) is 27.2. The molecule has 0 amide bonds. The second kappa shape index (κ2) is 49.6. The van der Waals surface area contributed by atoms with E-state index in [0.29, 0.717) is 26.3 Å². The largest absolute Gasteiger partial charge is 0.306 e. The van der Waals surface area contributed by atoms with E-state index >= 15 is 0 Å². The van der Waals surface area contributed by atoms with E-state index in [4.69, 9.17) is 62.2 Å². The van der Waals surface area contributed by atoms with E-state index in [1.807, 2.05) is 75.4 Å². The standard InChI is InChI=1S/C5H4ClN3.C4H2Cl2N2.C4H2ClN2.3C4H9.C2H5N.5C2H6.Sn/c6-5-3-8-2-4(1-7)9-5;5-3-1-7-2-4(6)8-3;5-4-3-6-1-2-7-4;3*1-3-4-2;1-2-3;5*1-2;/h1-3,7H;1-2H;1,3H;3*1,3-4H2,2H3;2-3H,1H3;5*1-2H3;. The first-order chi connectivity index (χ1) is 24.2. The Morgan fingerprint density at radius 1 is 0.520 bits per heavy atom. The predicted molar refractivity (Wildman–Crippen MR) is 230 cm³/mol. The minimum Gasteiger partial charge on any atom is -0.306 e. The number of aromatic nitrogens is 6. The fraction of sp³-hybridized carbons (Fsp3) is 0.622. The van der Waals surface area contributed by atoms with Gasteiger partial charge in [0.25, 0.3) is 0 Å². The Morgan fingerprint density at radius 3 is 1.06 bits per heavy atom. The zero-order valence-electron chi connectivity index (χ0n) is 33.7. The monoisotopic (exact) mass is 886 g/mol. The molecule has 0 saturated carbocycles. The van der Waals surface area contributed by atoms with Crippen LogP contribution in [0.5, 0.6) is 0 Å². The maximum Gasteiger partial charge on any atom is 0.149 e. The van der Waals surface area contributed by atoms with Crippen molar-refractivity contribution in [1.29, 1.82) is 10.8 Å². The van der Waals surface area contributed by atoms with Crippen LogP contribution in [0.2, 0.25) is 33.9 Å². The van der Waals surface area contributed by atoms with E-state index in [2.05, 4.69) is 45.7 Å². The summed E-state index contributed by atoms with van der Waals surface area (Å²) in [6.07, 6.45) is 19.7. The average Bonchev–Trinajstić information content (AvgIpc) is 3.16. The molecule has 0 spiro atoms. The molecule has 3 aromatic heterocycles. The Kier molecular flexibility index (Phi) is 60.2. The van der Waals surface area contributed by atoms with Crippen LogP contribution in [0, 0.1) is 10.8 Å². The van der Waals surface area contributed by atoms with Gasteiger partial charge < -0.3 is 10.8 Å². The van der Waals surface area contributed by atoms with E-state index in [1.165, 1.54) is 86.5 Å². The van der Waals surface area contributed by atoms with Crippen LogP contribution in [-0.2, 0) is 0 Å². The summed E-state index contributed by atoms with van der Waals surface area (Å²) in [4.78, 5) is 23.8. The zero-order valence-corrected chi connectivity index (χ0v) is 39.6. The third-order valence-electron chi connectivity index (χ3n) is 5.52. The van der Waals surface area contributed by atoms with Crippen molar-refractivity contribution < 1.29 is 0 Å². The van der Waals surface area contributed by atoms with Crippen molar-refractivity contribution >= 4 is 80.9 Å². The molecular weight excluding hydrogens is 817 g/mol. The summed E-state index contributed by atoms with van der Waals surface area (Å²) < 4.78 is 5.57. The molecule has 0 aliphatic heterocycles. The summed E-state index contributed by atoms with van der Waals surface area (Å²) >= 11 is 19.9. The summed E-state index contributed by atoms with van der Waals surface area (Å²) in [6, 6.07) is 0. The molecule has 0 fully saturated rings. The summed E-state index contributed by atoms with van der Waals surface area (Å²) in [5, 5.41) is 14.4. The van der Waals surface area contributed by atoms with Gasteiger partial charge in [-0.1, -0.05) is 104 Å². The van der Waals surface area contributed by atoms with Crippen molar-refractivity contribution in [3.63, 3.8) is 0 Å². The van der Waals surface area contributed by atoms with E-state index in [-0.39, 0.29) is 0 Å². The normalized spacial score (nSPS) is 8.68. The number of halogens is 4. The molecule has 2 N–H and O–H groups in total. The van der Waals surface area contributed by atoms with E-state index < -0.39 is 18.4 Å². The molecule has 0 saturated heterocycles. The van der Waals surface area contributed by atoms with Gasteiger partial charge in [-0.25, -0.2) is 9.97 Å². The first kappa shape index (κ1) is 60.6. The molecule has 50 heavy (non-hydrogen) atoms. The van der Waals surface area contributed by atoms with Crippen molar-refractivity contribution in [3.8, 4) is 0 Å². The van der Waals surface area contributed by atoms with Gasteiger partial charge in [0.2, 0.25) is 0 Å². The Labute approximate surface area is 331 Å². The molecule has 290 valence electrons. The van der Waals surface area contributed by atoms with Crippen LogP contribution in [0.4, 0.5) is 0 Å². The van der Waals surface area contributed by atoms with Crippen LogP contribution in [0.3, 0.4) is 0 Å². The smallest absolute Gasteiger partial charge is 0.149 e. The topological polar surface area (TPSA) is 125 Å². The van der Waals surface area contributed by atoms with E-state index in [0.717, 1.165) is 6.21 Å². The van der Waals surface area contributed by atoms with E-state index in [1.54, 1.807) is 13.1 Å². The fourth-order valence-corrected chi connectivity index (χ4v) is 19.7. The summed E-state index contributed by atoms with van der Waals surface area (Å²) in [7, 11) is 0. The number of nitrogens with zero attached hydrogens (tertiary/aromatic N) is 6. The Hall–Kier alpha value is -1.46. The Bertz CT molecular complexity index is 1070. The van der Waals surface area contributed by atoms with Crippen LogP contribution < -0.4 is 3.71 Å². The van der Waals surface area contributed by atoms with Gasteiger partial charge in [0.15, 0.2) is 0 Å². The molecule has 3 aromatic rings. The molecule has 0 aromatic carbocycles. The molecule has 0 aliphatic carbocycles. The minimum atomic E-state index is -2.40. The van der Waals surface area contributed by atoms with Gasteiger partial charge in [0, 0.05) is 6.21 Å². The maximum absolute atomic E-state index is 6.75. The van der Waals surface area contributed by atoms with E-state index in [9.17, 15) is 0 Å². The van der Waals surface area contributed by atoms with Crippen molar-refractivity contribution in [2.75, 3.05) is 0 Å². The van der Waals surface area contributed by atoms with Crippen LogP contribution >= 0.6 is 46.4 Å². The minimum absolute atomic E-state index is 0.316. The second-order valence-corrected chi connectivity index (χ2v) is 23.3. The molecule has 0 aliphatic rings. The third-order valence-corrected chi connectivity index (χ3v) is 21.3. The van der Waals surface area contributed by atoms with Gasteiger partial charge in [0.1, 0.15) is 21.2 Å². The second-order valence-electron chi connectivity index (χ2n) is 8.68. The number of unbranched alkanes of at least 4 members (excludes halogenated alkanes) is 3. The molecule has 0 unspecified atom stereocenters. The fourth-order valence-electron chi connectivity index (χ4n) is 3.65. The Balaban J connectivity index is -0.000000135. The zero-order chi connectivity index (χ0) is 40.2. The molecule has 0 atom stereocenters. The van der Waals surface area contributed by atoms with Crippen LogP contribution in [-0.4, -0.2) is 60.7 Å². The van der Waals surface area contributed by atoms with Gasteiger partial charge >= 0.3 is 134 Å². The van der Waals surface area contributed by atoms with Gasteiger partial charge in [-0.15, -0.1) is 0 Å². The summed E-state index contributed by atoms with van der Waals surface area (Å²) in [5.41, 5.74) is 0.475. The summed E-state index contributed by atoms with van der Waals surface area (Å²) in [6.45, 7) is 28.5. The average molecular weight is 888 g/mol. The SMILES string of the molecule is CC.CC.CC.CC.CC.CC=N.CCC[CH2][Sn]([CH2]CCC)([CH2]CCC)[c]1cncc(Cl)n1.Clc1cncc(Cl)n1.N=Cc1cncc(Cl)n1. The number of rotatable bonds is 11. The quantitative estimate of drug-likeness (QED) is 0.146. The van der Waals surface area contributed by atoms with Gasteiger partial charge in [0.05, 0.1) is 24.8 Å². The van der Waals surface area contributed by atoms with Crippen LogP contribution in [0.25, 0.3) is 0 Å². The molecule has 0 radical (unpaired) electrons. The molecular formula is C37H70Cl4N8Sn. The number of hydrogen-bond donors (Lipinski definition) is 2. The molecule has 3 heterocycles. The molecule has 0 bridgehead atoms. The Morgan fingerprint density at radius 2 is 0.820 bits per heavy atom. The van der Waals surface area contributed by atoms with Gasteiger partial charge in [-0.3, -0.25) is 9.97 Å². The van der Waals surface area contributed by atoms with Gasteiger partial charge in [-0.2, -0.15) is 0 Å². The van der Waals surface area contributed by atoms with Crippen molar-refractivity contribution in [3.05, 3.63) is 63.5 Å². The van der Waals surface area contributed by atoms with Crippen LogP contribution in [0.1, 0.15) is 141 Å². The van der Waals surface area contributed by atoms with Crippen molar-refractivity contribution in [2.24, 2.45) is 0 Å². The van der Waals surface area contributed by atoms with Gasteiger partial charge in [-0.05, 0) is 13.1 Å². The number of nitrogens with one attached hydrogen (secondary N) is 2. The van der Waals surface area contributed by atoms with Crippen LogP contribution in [0.15, 0.2) is 37.2 Å². The maximum atomic E-state index is 6.75. The molecule has 3 rings (SSSR count). The molecule has 8 nitrogen and oxygen atoms in total. The predicted octanol–water partition coefficient (Wildman–Crippen LogP) is 13.9. The third kappa shape index (κ3) is 36.3. The number of hydrogen-bond acceptors (Lipinski definition) is 8.